The maximum atomic E-state index is 6.21. The van der Waals surface area contributed by atoms with Crippen molar-refractivity contribution in [1.82, 2.24) is 25.2 Å². The van der Waals surface area contributed by atoms with Gasteiger partial charge >= 0.3 is 0 Å². The van der Waals surface area contributed by atoms with E-state index in [1.165, 1.54) is 5.56 Å². The number of aromatic nitrogens is 3. The lowest BCUT2D eigenvalue weighted by Crippen LogP contribution is -2.44. The lowest BCUT2D eigenvalue weighted by atomic mass is 10.1. The number of nitrogens with one attached hydrogen (secondary N) is 3. The third-order valence-corrected chi connectivity index (χ3v) is 6.52. The number of halogens is 1. The SMILES string of the molecule is Cc1ncc(CCN2CCNCC2)cc1Nc1ncc2c(n1)-c1ccc(Cl)cc1NC(=S)C2. The minimum Gasteiger partial charge on any atom is -0.349 e. The second kappa shape index (κ2) is 9.69. The number of pyridine rings is 1. The van der Waals surface area contributed by atoms with Gasteiger partial charge in [-0.1, -0.05) is 23.8 Å². The van der Waals surface area contributed by atoms with Gasteiger partial charge in [0.05, 0.1) is 22.1 Å². The van der Waals surface area contributed by atoms with Gasteiger partial charge in [-0.3, -0.25) is 4.98 Å². The van der Waals surface area contributed by atoms with Gasteiger partial charge in [0.2, 0.25) is 5.95 Å². The number of aryl methyl sites for hydroxylation is 1. The van der Waals surface area contributed by atoms with Gasteiger partial charge in [-0.15, -0.1) is 0 Å². The molecule has 0 radical (unpaired) electrons. The molecular formula is C24H26ClN7S. The summed E-state index contributed by atoms with van der Waals surface area (Å²) in [6, 6.07) is 7.87. The monoisotopic (exact) mass is 479 g/mol. The zero-order valence-corrected chi connectivity index (χ0v) is 20.1. The van der Waals surface area contributed by atoms with Gasteiger partial charge in [-0.05, 0) is 43.2 Å². The van der Waals surface area contributed by atoms with E-state index in [9.17, 15) is 0 Å². The quantitative estimate of drug-likeness (QED) is 0.474. The van der Waals surface area contributed by atoms with Crippen LogP contribution in [0.4, 0.5) is 17.3 Å². The summed E-state index contributed by atoms with van der Waals surface area (Å²) < 4.78 is 0. The molecule has 1 fully saturated rings. The normalized spacial score (nSPS) is 15.9. The molecule has 1 saturated heterocycles. The Bertz CT molecular complexity index is 1190. The summed E-state index contributed by atoms with van der Waals surface area (Å²) in [5, 5.41) is 10.7. The topological polar surface area (TPSA) is 78.0 Å². The predicted molar refractivity (Wildman–Crippen MR) is 138 cm³/mol. The Kier molecular flexibility index (Phi) is 6.50. The molecule has 0 atom stereocenters. The van der Waals surface area contributed by atoms with Crippen molar-refractivity contribution in [3.63, 3.8) is 0 Å². The van der Waals surface area contributed by atoms with Gasteiger partial charge in [-0.2, -0.15) is 0 Å². The second-order valence-electron chi connectivity index (χ2n) is 8.43. The lowest BCUT2D eigenvalue weighted by Gasteiger charge is -2.27. The molecule has 7 nitrogen and oxygen atoms in total. The van der Waals surface area contributed by atoms with Gasteiger partial charge < -0.3 is 20.9 Å². The first kappa shape index (κ1) is 22.2. The van der Waals surface area contributed by atoms with Crippen LogP contribution in [0.25, 0.3) is 11.3 Å². The Labute approximate surface area is 204 Å². The zero-order valence-electron chi connectivity index (χ0n) is 18.5. The van der Waals surface area contributed by atoms with Crippen molar-refractivity contribution < 1.29 is 0 Å². The van der Waals surface area contributed by atoms with Crippen LogP contribution in [0, 0.1) is 6.92 Å². The van der Waals surface area contributed by atoms with Crippen molar-refractivity contribution >= 4 is 46.1 Å². The molecule has 5 rings (SSSR count). The summed E-state index contributed by atoms with van der Waals surface area (Å²) >= 11 is 11.7. The summed E-state index contributed by atoms with van der Waals surface area (Å²) in [6.45, 7) is 7.34. The molecule has 0 spiro atoms. The third kappa shape index (κ3) is 5.14. The summed E-state index contributed by atoms with van der Waals surface area (Å²) in [5.41, 5.74) is 6.69. The summed E-state index contributed by atoms with van der Waals surface area (Å²) in [6.07, 6.45) is 5.36. The second-order valence-corrected chi connectivity index (χ2v) is 9.35. The number of piperazine rings is 1. The predicted octanol–water partition coefficient (Wildman–Crippen LogP) is 3.99. The van der Waals surface area contributed by atoms with Gasteiger partial charge in [0, 0.05) is 73.4 Å². The highest BCUT2D eigenvalue weighted by molar-refractivity contribution is 7.80. The number of benzene rings is 1. The fourth-order valence-electron chi connectivity index (χ4n) is 4.21. The van der Waals surface area contributed by atoms with Crippen molar-refractivity contribution in [2.75, 3.05) is 43.4 Å². The van der Waals surface area contributed by atoms with E-state index < -0.39 is 0 Å². The van der Waals surface area contributed by atoms with Crippen LogP contribution in [0.2, 0.25) is 5.02 Å². The minimum atomic E-state index is 0.534. The Morgan fingerprint density at radius 1 is 1.15 bits per heavy atom. The third-order valence-electron chi connectivity index (χ3n) is 6.04. The molecule has 170 valence electrons. The molecule has 2 aromatic heterocycles. The number of anilines is 3. The van der Waals surface area contributed by atoms with Gasteiger partial charge in [0.25, 0.3) is 0 Å². The fraction of sp³-hybridized carbons (Fsp3) is 0.333. The van der Waals surface area contributed by atoms with Crippen molar-refractivity contribution in [2.24, 2.45) is 0 Å². The molecule has 0 saturated carbocycles. The highest BCUT2D eigenvalue weighted by atomic mass is 35.5. The van der Waals surface area contributed by atoms with E-state index in [0.29, 0.717) is 17.4 Å². The molecule has 0 unspecified atom stereocenters. The van der Waals surface area contributed by atoms with Crippen LogP contribution in [0.15, 0.2) is 36.7 Å². The van der Waals surface area contributed by atoms with Gasteiger partial charge in [-0.25, -0.2) is 9.97 Å². The number of nitrogens with zero attached hydrogens (tertiary/aromatic N) is 4. The smallest absolute Gasteiger partial charge is 0.227 e. The molecule has 2 aliphatic rings. The molecule has 4 heterocycles. The van der Waals surface area contributed by atoms with Crippen molar-refractivity contribution in [3.8, 4) is 11.3 Å². The number of hydrogen-bond acceptors (Lipinski definition) is 7. The van der Waals surface area contributed by atoms with E-state index >= 15 is 0 Å². The molecule has 2 aliphatic heterocycles. The molecule has 3 N–H and O–H groups in total. The van der Waals surface area contributed by atoms with Gasteiger partial charge in [0.15, 0.2) is 0 Å². The Hall–Kier alpha value is -2.65. The Morgan fingerprint density at radius 3 is 2.85 bits per heavy atom. The van der Waals surface area contributed by atoms with E-state index in [-0.39, 0.29) is 0 Å². The molecule has 9 heteroatoms. The lowest BCUT2D eigenvalue weighted by molar-refractivity contribution is 0.244. The summed E-state index contributed by atoms with van der Waals surface area (Å²) in [5.74, 6) is 0.534. The Balaban J connectivity index is 1.39. The average Bonchev–Trinajstić information content (AvgIpc) is 2.95. The highest BCUT2D eigenvalue weighted by Crippen LogP contribution is 2.35. The first-order valence-electron chi connectivity index (χ1n) is 11.2. The molecule has 0 aliphatic carbocycles. The summed E-state index contributed by atoms with van der Waals surface area (Å²) in [7, 11) is 0. The zero-order chi connectivity index (χ0) is 22.8. The van der Waals surface area contributed by atoms with E-state index in [2.05, 4.69) is 36.9 Å². The van der Waals surface area contributed by atoms with E-state index in [4.69, 9.17) is 28.8 Å². The van der Waals surface area contributed by atoms with Crippen LogP contribution in [0.1, 0.15) is 16.8 Å². The van der Waals surface area contributed by atoms with E-state index in [1.54, 1.807) is 0 Å². The minimum absolute atomic E-state index is 0.534. The van der Waals surface area contributed by atoms with Crippen LogP contribution < -0.4 is 16.0 Å². The molecule has 33 heavy (non-hydrogen) atoms. The Morgan fingerprint density at radius 2 is 2.00 bits per heavy atom. The van der Waals surface area contributed by atoms with Crippen LogP contribution in [0.5, 0.6) is 0 Å². The number of rotatable bonds is 5. The van der Waals surface area contributed by atoms with Gasteiger partial charge in [0.1, 0.15) is 0 Å². The van der Waals surface area contributed by atoms with Crippen LogP contribution in [-0.4, -0.2) is 57.6 Å². The largest absolute Gasteiger partial charge is 0.349 e. The van der Waals surface area contributed by atoms with Crippen molar-refractivity contribution in [3.05, 3.63) is 58.5 Å². The number of hydrogen-bond donors (Lipinski definition) is 3. The number of thiocarbonyl (C=S) groups is 1. The molecule has 1 aromatic carbocycles. The molecule has 0 amide bonds. The number of fused-ring (bicyclic) bond motifs is 3. The van der Waals surface area contributed by atoms with Crippen LogP contribution in [-0.2, 0) is 12.8 Å². The van der Waals surface area contributed by atoms with Crippen molar-refractivity contribution in [1.29, 1.82) is 0 Å². The average molecular weight is 480 g/mol. The van der Waals surface area contributed by atoms with E-state index in [1.807, 2.05) is 37.5 Å². The van der Waals surface area contributed by atoms with Crippen molar-refractivity contribution in [2.45, 2.75) is 19.8 Å². The fourth-order valence-corrected chi connectivity index (χ4v) is 4.64. The first-order valence-corrected chi connectivity index (χ1v) is 11.9. The standard InChI is InChI=1S/C24H26ClN7S/c1-15-20(10-16(13-27-15)4-7-32-8-5-26-6-9-32)30-24-28-14-17-11-22(33)29-21-12-18(25)2-3-19(21)23(17)31-24/h2-3,10,12-14,26H,4-9,11H2,1H3,(H,29,33)(H,28,30,31). The molecular weight excluding hydrogens is 454 g/mol. The maximum Gasteiger partial charge on any atom is 0.227 e. The highest BCUT2D eigenvalue weighted by Gasteiger charge is 2.20. The molecule has 3 aromatic rings. The first-order chi connectivity index (χ1) is 16.0. The maximum absolute atomic E-state index is 6.21. The van der Waals surface area contributed by atoms with E-state index in [0.717, 1.165) is 78.0 Å². The molecule has 0 bridgehead atoms. The summed E-state index contributed by atoms with van der Waals surface area (Å²) in [4.78, 5) is 17.2. The van der Waals surface area contributed by atoms with Crippen LogP contribution in [0.3, 0.4) is 0 Å². The van der Waals surface area contributed by atoms with Crippen LogP contribution >= 0.6 is 23.8 Å².